The Kier molecular flexibility index (Phi) is 4.99. The van der Waals surface area contributed by atoms with Crippen LogP contribution in [0.4, 0.5) is 0 Å². The lowest BCUT2D eigenvalue weighted by atomic mass is 9.80. The fraction of sp³-hybridized carbons (Fsp3) is 0.900. The highest BCUT2D eigenvalue weighted by molar-refractivity contribution is 5.70. The van der Waals surface area contributed by atoms with Crippen LogP contribution in [0.2, 0.25) is 0 Å². The maximum atomic E-state index is 11.0. The van der Waals surface area contributed by atoms with Gasteiger partial charge in [-0.3, -0.25) is 4.79 Å². The van der Waals surface area contributed by atoms with Gasteiger partial charge in [-0.05, 0) is 12.3 Å². The number of aliphatic hydroxyl groups is 1. The number of esters is 1. The molecule has 0 amide bonds. The number of hydrogen-bond acceptors (Lipinski definition) is 3. The Bertz CT molecular complexity index is 166. The average molecular weight is 188 g/mol. The van der Waals surface area contributed by atoms with Gasteiger partial charge in [0.2, 0.25) is 0 Å². The van der Waals surface area contributed by atoms with Gasteiger partial charge in [0, 0.05) is 12.0 Å². The largest absolute Gasteiger partial charge is 0.469 e. The van der Waals surface area contributed by atoms with Gasteiger partial charge in [0.25, 0.3) is 0 Å². The van der Waals surface area contributed by atoms with E-state index in [-0.39, 0.29) is 24.4 Å². The maximum Gasteiger partial charge on any atom is 0.306 e. The summed E-state index contributed by atoms with van der Waals surface area (Å²) in [6, 6.07) is 0. The highest BCUT2D eigenvalue weighted by Crippen LogP contribution is 2.29. The van der Waals surface area contributed by atoms with Crippen molar-refractivity contribution in [3.8, 4) is 0 Å². The molecule has 3 heteroatoms. The fourth-order valence-electron chi connectivity index (χ4n) is 1.60. The molecule has 0 fully saturated rings. The van der Waals surface area contributed by atoms with E-state index in [0.717, 1.165) is 6.42 Å². The van der Waals surface area contributed by atoms with Crippen LogP contribution >= 0.6 is 0 Å². The number of aliphatic hydroxyl groups excluding tert-OH is 1. The molecule has 13 heavy (non-hydrogen) atoms. The normalized spacial score (nSPS) is 15.5. The lowest BCUT2D eigenvalue weighted by Gasteiger charge is -2.27. The molecule has 0 aromatic rings. The third-order valence-electron chi connectivity index (χ3n) is 2.08. The maximum absolute atomic E-state index is 11.0. The first kappa shape index (κ1) is 12.4. The molecule has 0 spiro atoms. The molecule has 0 aliphatic carbocycles. The summed E-state index contributed by atoms with van der Waals surface area (Å²) in [6.45, 7) is 6.08. The summed E-state index contributed by atoms with van der Waals surface area (Å²) in [6.07, 6.45) is 1.12. The van der Waals surface area contributed by atoms with Crippen molar-refractivity contribution >= 4 is 5.97 Å². The van der Waals surface area contributed by atoms with E-state index < -0.39 is 0 Å². The molecular formula is C10H20O3. The number of methoxy groups -OCH3 is 1. The Morgan fingerprint density at radius 3 is 2.38 bits per heavy atom. The Balaban J connectivity index is 4.18. The van der Waals surface area contributed by atoms with Crippen LogP contribution in [0, 0.1) is 11.3 Å². The third kappa shape index (κ3) is 4.88. The van der Waals surface area contributed by atoms with Crippen molar-refractivity contribution in [2.45, 2.75) is 33.6 Å². The number of rotatable bonds is 5. The monoisotopic (exact) mass is 188 g/mol. The van der Waals surface area contributed by atoms with Gasteiger partial charge in [-0.2, -0.15) is 0 Å². The Morgan fingerprint density at radius 2 is 2.08 bits per heavy atom. The molecule has 0 rings (SSSR count). The van der Waals surface area contributed by atoms with Crippen molar-refractivity contribution < 1.29 is 14.6 Å². The second-order valence-electron chi connectivity index (χ2n) is 4.32. The van der Waals surface area contributed by atoms with Gasteiger partial charge < -0.3 is 9.84 Å². The number of carbonyl (C=O) groups is 1. The lowest BCUT2D eigenvalue weighted by molar-refractivity contribution is -0.144. The summed E-state index contributed by atoms with van der Waals surface area (Å²) in [5, 5.41) is 9.17. The molecule has 0 aliphatic rings. The first-order valence-electron chi connectivity index (χ1n) is 4.61. The Morgan fingerprint density at radius 1 is 1.54 bits per heavy atom. The van der Waals surface area contributed by atoms with Gasteiger partial charge in [0.15, 0.2) is 0 Å². The summed E-state index contributed by atoms with van der Waals surface area (Å²) < 4.78 is 4.58. The lowest BCUT2D eigenvalue weighted by Crippen LogP contribution is -2.27. The van der Waals surface area contributed by atoms with Crippen LogP contribution < -0.4 is 0 Å². The van der Waals surface area contributed by atoms with Crippen LogP contribution in [0.1, 0.15) is 33.6 Å². The molecule has 0 heterocycles. The van der Waals surface area contributed by atoms with E-state index in [9.17, 15) is 9.90 Å². The quantitative estimate of drug-likeness (QED) is 0.666. The summed E-state index contributed by atoms with van der Waals surface area (Å²) >= 11 is 0. The topological polar surface area (TPSA) is 46.5 Å². The van der Waals surface area contributed by atoms with Gasteiger partial charge in [-0.1, -0.05) is 20.8 Å². The predicted octanol–water partition coefficient (Wildman–Crippen LogP) is 1.59. The molecule has 0 saturated carbocycles. The summed E-state index contributed by atoms with van der Waals surface area (Å²) in [5.74, 6) is 0.221. The van der Waals surface area contributed by atoms with Gasteiger partial charge in [-0.25, -0.2) is 0 Å². The molecule has 78 valence electrons. The highest BCUT2D eigenvalue weighted by Gasteiger charge is 2.28. The zero-order valence-corrected chi connectivity index (χ0v) is 8.96. The minimum Gasteiger partial charge on any atom is -0.469 e. The smallest absolute Gasteiger partial charge is 0.306 e. The molecule has 0 radical (unpaired) electrons. The Hall–Kier alpha value is -0.570. The standard InChI is InChI=1S/C10H20O3/c1-8(2)5-10(3,7-11)6-9(12)13-4/h8,11H,5-7H2,1-4H3. The summed E-state index contributed by atoms with van der Waals surface area (Å²) in [5.41, 5.74) is -0.332. The first-order valence-corrected chi connectivity index (χ1v) is 4.61. The minimum absolute atomic E-state index is 0.0281. The molecular weight excluding hydrogens is 168 g/mol. The molecule has 1 N–H and O–H groups in total. The molecule has 1 atom stereocenters. The van der Waals surface area contributed by atoms with Crippen LogP contribution in [0.25, 0.3) is 0 Å². The van der Waals surface area contributed by atoms with Crippen molar-refractivity contribution in [1.82, 2.24) is 0 Å². The SMILES string of the molecule is COC(=O)CC(C)(CO)CC(C)C. The molecule has 0 aromatic carbocycles. The van der Waals surface area contributed by atoms with Gasteiger partial charge >= 0.3 is 5.97 Å². The second kappa shape index (κ2) is 5.22. The van der Waals surface area contributed by atoms with Crippen molar-refractivity contribution in [3.63, 3.8) is 0 Å². The van der Waals surface area contributed by atoms with Crippen LogP contribution in [0.5, 0.6) is 0 Å². The van der Waals surface area contributed by atoms with E-state index in [1.807, 2.05) is 6.92 Å². The molecule has 1 unspecified atom stereocenters. The van der Waals surface area contributed by atoms with Crippen molar-refractivity contribution in [2.24, 2.45) is 11.3 Å². The third-order valence-corrected chi connectivity index (χ3v) is 2.08. The molecule has 0 aromatic heterocycles. The average Bonchev–Trinajstić information content (AvgIpc) is 2.02. The van der Waals surface area contributed by atoms with Crippen LogP contribution in [0.3, 0.4) is 0 Å². The zero-order chi connectivity index (χ0) is 10.5. The molecule has 0 aliphatic heterocycles. The van der Waals surface area contributed by atoms with E-state index in [0.29, 0.717) is 5.92 Å². The molecule has 3 nitrogen and oxygen atoms in total. The van der Waals surface area contributed by atoms with Crippen LogP contribution in [-0.4, -0.2) is 24.8 Å². The van der Waals surface area contributed by atoms with Crippen LogP contribution in [0.15, 0.2) is 0 Å². The predicted molar refractivity (Wildman–Crippen MR) is 51.3 cm³/mol. The minimum atomic E-state index is -0.332. The first-order chi connectivity index (χ1) is 5.93. The molecule has 0 saturated heterocycles. The van der Waals surface area contributed by atoms with E-state index in [4.69, 9.17) is 0 Å². The van der Waals surface area contributed by atoms with Gasteiger partial charge in [0.1, 0.15) is 0 Å². The van der Waals surface area contributed by atoms with E-state index in [1.54, 1.807) is 0 Å². The van der Waals surface area contributed by atoms with Crippen LogP contribution in [-0.2, 0) is 9.53 Å². The Labute approximate surface area is 80.1 Å². The number of hydrogen-bond donors (Lipinski definition) is 1. The van der Waals surface area contributed by atoms with Crippen molar-refractivity contribution in [2.75, 3.05) is 13.7 Å². The molecule has 0 bridgehead atoms. The van der Waals surface area contributed by atoms with Crippen molar-refractivity contribution in [1.29, 1.82) is 0 Å². The van der Waals surface area contributed by atoms with E-state index >= 15 is 0 Å². The second-order valence-corrected chi connectivity index (χ2v) is 4.32. The zero-order valence-electron chi connectivity index (χ0n) is 8.96. The summed E-state index contributed by atoms with van der Waals surface area (Å²) in [7, 11) is 1.37. The van der Waals surface area contributed by atoms with E-state index in [1.165, 1.54) is 7.11 Å². The number of carbonyl (C=O) groups excluding carboxylic acids is 1. The summed E-state index contributed by atoms with van der Waals surface area (Å²) in [4.78, 5) is 11.0. The van der Waals surface area contributed by atoms with Gasteiger partial charge in [0.05, 0.1) is 13.5 Å². The highest BCUT2D eigenvalue weighted by atomic mass is 16.5. The fourth-order valence-corrected chi connectivity index (χ4v) is 1.60. The van der Waals surface area contributed by atoms with Crippen molar-refractivity contribution in [3.05, 3.63) is 0 Å². The number of ether oxygens (including phenoxy) is 1. The van der Waals surface area contributed by atoms with E-state index in [2.05, 4.69) is 18.6 Å². The van der Waals surface area contributed by atoms with Gasteiger partial charge in [-0.15, -0.1) is 0 Å².